The summed E-state index contributed by atoms with van der Waals surface area (Å²) >= 11 is 18.6. The number of carbonyl (C=O) groups excluding carboxylic acids is 1. The molecule has 0 saturated heterocycles. The zero-order valence-electron chi connectivity index (χ0n) is 14.7. The molecule has 0 radical (unpaired) electrons. The van der Waals surface area contributed by atoms with E-state index in [-0.39, 0.29) is 11.0 Å². The van der Waals surface area contributed by atoms with Crippen LogP contribution < -0.4 is 15.4 Å². The van der Waals surface area contributed by atoms with Gasteiger partial charge in [-0.3, -0.25) is 10.1 Å². The third-order valence-electron chi connectivity index (χ3n) is 3.59. The Hall–Kier alpha value is -2.19. The molecule has 0 atom stereocenters. The second kappa shape index (κ2) is 9.34. The van der Waals surface area contributed by atoms with E-state index in [9.17, 15) is 4.79 Å². The van der Waals surface area contributed by atoms with Crippen LogP contribution in [-0.4, -0.2) is 22.6 Å². The number of thiocarbonyl (C=S) groups is 1. The van der Waals surface area contributed by atoms with E-state index in [1.165, 1.54) is 17.4 Å². The van der Waals surface area contributed by atoms with Gasteiger partial charge < -0.3 is 10.1 Å². The van der Waals surface area contributed by atoms with Gasteiger partial charge in [0.15, 0.2) is 10.2 Å². The zero-order valence-corrected chi connectivity index (χ0v) is 17.8. The third kappa shape index (κ3) is 5.20. The van der Waals surface area contributed by atoms with E-state index in [4.69, 9.17) is 40.2 Å². The minimum atomic E-state index is -0.378. The lowest BCUT2D eigenvalue weighted by Crippen LogP contribution is -2.34. The van der Waals surface area contributed by atoms with Gasteiger partial charge in [-0.15, -0.1) is 11.3 Å². The molecule has 0 spiro atoms. The SMILES string of the molecule is CCOc1ccc(C(=O)NC(=S)Nc2nc(-c3ccc(Cl)cc3)cs2)cc1Cl. The summed E-state index contributed by atoms with van der Waals surface area (Å²) in [6.07, 6.45) is 0. The van der Waals surface area contributed by atoms with Crippen molar-refractivity contribution in [3.05, 3.63) is 63.5 Å². The smallest absolute Gasteiger partial charge is 0.257 e. The van der Waals surface area contributed by atoms with E-state index in [1.807, 2.05) is 24.4 Å². The lowest BCUT2D eigenvalue weighted by Gasteiger charge is -2.09. The van der Waals surface area contributed by atoms with Crippen molar-refractivity contribution >= 4 is 62.9 Å². The van der Waals surface area contributed by atoms with Crippen LogP contribution in [0.3, 0.4) is 0 Å². The van der Waals surface area contributed by atoms with Crippen molar-refractivity contribution in [2.24, 2.45) is 0 Å². The van der Waals surface area contributed by atoms with Crippen molar-refractivity contribution in [2.75, 3.05) is 11.9 Å². The van der Waals surface area contributed by atoms with Gasteiger partial charge in [0.25, 0.3) is 5.91 Å². The summed E-state index contributed by atoms with van der Waals surface area (Å²) in [7, 11) is 0. The molecule has 0 unspecified atom stereocenters. The fraction of sp³-hybridized carbons (Fsp3) is 0.105. The first-order valence-corrected chi connectivity index (χ1v) is 10.3. The summed E-state index contributed by atoms with van der Waals surface area (Å²) in [5.74, 6) is 0.149. The number of amides is 1. The number of thiazole rings is 1. The van der Waals surface area contributed by atoms with Crippen LogP contribution in [-0.2, 0) is 0 Å². The quantitative estimate of drug-likeness (QED) is 0.491. The molecule has 0 aliphatic rings. The number of ether oxygens (including phenoxy) is 1. The molecule has 2 N–H and O–H groups in total. The van der Waals surface area contributed by atoms with E-state index >= 15 is 0 Å². The fourth-order valence-electron chi connectivity index (χ4n) is 2.30. The molecule has 144 valence electrons. The number of anilines is 1. The highest BCUT2D eigenvalue weighted by molar-refractivity contribution is 7.80. The molecule has 3 aromatic rings. The maximum absolute atomic E-state index is 12.4. The van der Waals surface area contributed by atoms with E-state index in [0.29, 0.717) is 33.1 Å². The van der Waals surface area contributed by atoms with Crippen molar-refractivity contribution in [3.8, 4) is 17.0 Å². The maximum atomic E-state index is 12.4. The van der Waals surface area contributed by atoms with Gasteiger partial charge in [-0.05, 0) is 49.5 Å². The number of hydrogen-bond donors (Lipinski definition) is 2. The number of hydrogen-bond acceptors (Lipinski definition) is 5. The Morgan fingerprint density at radius 3 is 2.64 bits per heavy atom. The minimum absolute atomic E-state index is 0.145. The predicted molar refractivity (Wildman–Crippen MR) is 119 cm³/mol. The summed E-state index contributed by atoms with van der Waals surface area (Å²) in [5.41, 5.74) is 2.10. The van der Waals surface area contributed by atoms with Crippen LogP contribution in [0.4, 0.5) is 5.13 Å². The number of aromatic nitrogens is 1. The van der Waals surface area contributed by atoms with Gasteiger partial charge in [-0.2, -0.15) is 0 Å². The lowest BCUT2D eigenvalue weighted by atomic mass is 10.2. The molecule has 9 heteroatoms. The molecular weight excluding hydrogens is 437 g/mol. The van der Waals surface area contributed by atoms with E-state index in [2.05, 4.69) is 15.6 Å². The van der Waals surface area contributed by atoms with Crippen molar-refractivity contribution < 1.29 is 9.53 Å². The fourth-order valence-corrected chi connectivity index (χ4v) is 3.64. The Kier molecular flexibility index (Phi) is 6.85. The Morgan fingerprint density at radius 1 is 1.21 bits per heavy atom. The molecule has 2 aromatic carbocycles. The van der Waals surface area contributed by atoms with Crippen molar-refractivity contribution in [1.29, 1.82) is 0 Å². The van der Waals surface area contributed by atoms with Crippen LogP contribution >= 0.6 is 46.8 Å². The third-order valence-corrected chi connectivity index (χ3v) is 5.09. The van der Waals surface area contributed by atoms with Crippen LogP contribution in [0, 0.1) is 0 Å². The predicted octanol–water partition coefficient (Wildman–Crippen LogP) is 5.64. The molecule has 1 amide bonds. The molecule has 0 saturated carbocycles. The standard InChI is InChI=1S/C19H15Cl2N3O2S2/c1-2-26-16-8-5-12(9-14(16)21)17(25)23-18(27)24-19-22-15(10-28-19)11-3-6-13(20)7-4-11/h3-10H,2H2,1H3,(H2,22,23,24,25,27). The van der Waals surface area contributed by atoms with Gasteiger partial charge in [0.05, 0.1) is 17.3 Å². The maximum Gasteiger partial charge on any atom is 0.257 e. The molecule has 0 fully saturated rings. The normalized spacial score (nSPS) is 10.4. The molecule has 3 rings (SSSR count). The molecule has 1 aromatic heterocycles. The minimum Gasteiger partial charge on any atom is -0.492 e. The molecule has 0 bridgehead atoms. The summed E-state index contributed by atoms with van der Waals surface area (Å²) in [5, 5.41) is 9.16. The Labute approximate surface area is 181 Å². The molecule has 0 aliphatic carbocycles. The number of halogens is 2. The van der Waals surface area contributed by atoms with Crippen LogP contribution in [0.5, 0.6) is 5.75 Å². The summed E-state index contributed by atoms with van der Waals surface area (Å²) < 4.78 is 5.36. The average molecular weight is 452 g/mol. The summed E-state index contributed by atoms with van der Waals surface area (Å²) in [4.78, 5) is 16.8. The van der Waals surface area contributed by atoms with Gasteiger partial charge in [-0.25, -0.2) is 4.98 Å². The molecular formula is C19H15Cl2N3O2S2. The monoisotopic (exact) mass is 451 g/mol. The van der Waals surface area contributed by atoms with Crippen molar-refractivity contribution in [2.45, 2.75) is 6.92 Å². The van der Waals surface area contributed by atoms with Gasteiger partial charge >= 0.3 is 0 Å². The number of nitrogens with zero attached hydrogens (tertiary/aromatic N) is 1. The number of carbonyl (C=O) groups is 1. The van der Waals surface area contributed by atoms with E-state index in [0.717, 1.165) is 11.3 Å². The topological polar surface area (TPSA) is 63.2 Å². The highest BCUT2D eigenvalue weighted by Gasteiger charge is 2.12. The highest BCUT2D eigenvalue weighted by Crippen LogP contribution is 2.27. The van der Waals surface area contributed by atoms with Crippen molar-refractivity contribution in [3.63, 3.8) is 0 Å². The van der Waals surface area contributed by atoms with Gasteiger partial charge in [0, 0.05) is 21.5 Å². The highest BCUT2D eigenvalue weighted by atomic mass is 35.5. The molecule has 1 heterocycles. The lowest BCUT2D eigenvalue weighted by molar-refractivity contribution is 0.0977. The second-order valence-electron chi connectivity index (χ2n) is 5.53. The van der Waals surface area contributed by atoms with Crippen LogP contribution in [0.1, 0.15) is 17.3 Å². The average Bonchev–Trinajstić information content (AvgIpc) is 3.12. The van der Waals surface area contributed by atoms with Crippen LogP contribution in [0.25, 0.3) is 11.3 Å². The largest absolute Gasteiger partial charge is 0.492 e. The van der Waals surface area contributed by atoms with Gasteiger partial charge in [0.2, 0.25) is 0 Å². The number of benzene rings is 2. The van der Waals surface area contributed by atoms with Crippen LogP contribution in [0.2, 0.25) is 10.0 Å². The first-order chi connectivity index (χ1) is 13.5. The van der Waals surface area contributed by atoms with Crippen LogP contribution in [0.15, 0.2) is 47.8 Å². The van der Waals surface area contributed by atoms with Gasteiger partial charge in [-0.1, -0.05) is 35.3 Å². The zero-order chi connectivity index (χ0) is 20.1. The molecule has 28 heavy (non-hydrogen) atoms. The van der Waals surface area contributed by atoms with E-state index < -0.39 is 0 Å². The summed E-state index contributed by atoms with van der Waals surface area (Å²) in [6.45, 7) is 2.35. The van der Waals surface area contributed by atoms with Crippen molar-refractivity contribution in [1.82, 2.24) is 10.3 Å². The number of nitrogens with one attached hydrogen (secondary N) is 2. The first-order valence-electron chi connectivity index (χ1n) is 8.22. The van der Waals surface area contributed by atoms with E-state index in [1.54, 1.807) is 24.3 Å². The molecule has 5 nitrogen and oxygen atoms in total. The van der Waals surface area contributed by atoms with Gasteiger partial charge in [0.1, 0.15) is 5.75 Å². The Morgan fingerprint density at radius 2 is 1.96 bits per heavy atom. The molecule has 0 aliphatic heterocycles. The number of rotatable bonds is 5. The Bertz CT molecular complexity index is 1010. The Balaban J connectivity index is 1.62. The first kappa shape index (κ1) is 20.5. The second-order valence-corrected chi connectivity index (χ2v) is 7.64. The summed E-state index contributed by atoms with van der Waals surface area (Å²) in [6, 6.07) is 12.2.